The molecule has 2 saturated heterocycles. The highest BCUT2D eigenvalue weighted by atomic mass is 19.4. The van der Waals surface area contributed by atoms with Crippen LogP contribution in [0.1, 0.15) is 24.3 Å². The van der Waals surface area contributed by atoms with Gasteiger partial charge in [-0.1, -0.05) is 5.16 Å². The van der Waals surface area contributed by atoms with Crippen molar-refractivity contribution in [3.8, 4) is 0 Å². The van der Waals surface area contributed by atoms with Crippen molar-refractivity contribution in [3.63, 3.8) is 0 Å². The summed E-state index contributed by atoms with van der Waals surface area (Å²) in [7, 11) is 3.63. The molecular weight excluding hydrogens is 395 g/mol. The van der Waals surface area contributed by atoms with Crippen molar-refractivity contribution < 1.29 is 37.1 Å². The summed E-state index contributed by atoms with van der Waals surface area (Å²) in [4.78, 5) is 25.1. The molecule has 1 aromatic heterocycles. The number of carbonyl (C=O) groups excluding carboxylic acids is 1. The summed E-state index contributed by atoms with van der Waals surface area (Å²) in [6.07, 6.45) is -2.82. The third-order valence-electron chi connectivity index (χ3n) is 4.94. The molecule has 3 rings (SSSR count). The lowest BCUT2D eigenvalue weighted by Gasteiger charge is -2.43. The molecule has 29 heavy (non-hydrogen) atoms. The van der Waals surface area contributed by atoms with Crippen molar-refractivity contribution in [2.45, 2.75) is 38.6 Å². The molecule has 0 aliphatic carbocycles. The number of aryl methyl sites for hydroxylation is 1. The van der Waals surface area contributed by atoms with E-state index in [1.807, 2.05) is 27.1 Å². The van der Waals surface area contributed by atoms with E-state index in [-0.39, 0.29) is 11.8 Å². The summed E-state index contributed by atoms with van der Waals surface area (Å²) in [5, 5.41) is 11.2. The van der Waals surface area contributed by atoms with E-state index in [0.29, 0.717) is 18.6 Å². The summed E-state index contributed by atoms with van der Waals surface area (Å²) in [6, 6.07) is 1.99. The number of aromatic nitrogens is 1. The molecule has 164 valence electrons. The Labute approximate surface area is 166 Å². The number of carboxylic acids is 1. The molecule has 0 unspecified atom stereocenters. The number of rotatable bonds is 3. The van der Waals surface area contributed by atoms with Gasteiger partial charge in [-0.2, -0.15) is 13.2 Å². The van der Waals surface area contributed by atoms with E-state index >= 15 is 0 Å². The Hall–Kier alpha value is -2.14. The average Bonchev–Trinajstić information content (AvgIpc) is 3.04. The predicted molar refractivity (Wildman–Crippen MR) is 94.9 cm³/mol. The summed E-state index contributed by atoms with van der Waals surface area (Å²) in [6.45, 7) is 5.27. The second-order valence-electron chi connectivity index (χ2n) is 7.55. The molecular formula is C18H26F3N3O5. The lowest BCUT2D eigenvalue weighted by Crippen LogP contribution is -2.50. The van der Waals surface area contributed by atoms with Gasteiger partial charge >= 0.3 is 12.1 Å². The average molecular weight is 421 g/mol. The van der Waals surface area contributed by atoms with Crippen molar-refractivity contribution in [1.82, 2.24) is 15.0 Å². The number of carboxylic acid groups (broad SMARTS) is 1. The van der Waals surface area contributed by atoms with E-state index in [1.54, 1.807) is 4.90 Å². The monoisotopic (exact) mass is 421 g/mol. The van der Waals surface area contributed by atoms with Crippen molar-refractivity contribution in [1.29, 1.82) is 0 Å². The summed E-state index contributed by atoms with van der Waals surface area (Å²) < 4.78 is 42.8. The Morgan fingerprint density at radius 3 is 2.55 bits per heavy atom. The molecule has 0 spiro atoms. The molecule has 8 nitrogen and oxygen atoms in total. The topological polar surface area (TPSA) is 96.1 Å². The van der Waals surface area contributed by atoms with Gasteiger partial charge in [-0.05, 0) is 25.7 Å². The van der Waals surface area contributed by atoms with Crippen molar-refractivity contribution in [3.05, 3.63) is 17.5 Å². The normalized spacial score (nSPS) is 24.8. The van der Waals surface area contributed by atoms with Gasteiger partial charge in [-0.15, -0.1) is 0 Å². The molecule has 1 amide bonds. The smallest absolute Gasteiger partial charge is 0.475 e. The zero-order valence-corrected chi connectivity index (χ0v) is 16.6. The Kier molecular flexibility index (Phi) is 7.64. The maximum atomic E-state index is 12.2. The fourth-order valence-electron chi connectivity index (χ4n) is 3.61. The number of fused-ring (bicyclic) bond motifs is 1. The van der Waals surface area contributed by atoms with Crippen molar-refractivity contribution in [2.24, 2.45) is 11.8 Å². The fraction of sp³-hybridized carbons (Fsp3) is 0.722. The second-order valence-corrected chi connectivity index (χ2v) is 7.55. The van der Waals surface area contributed by atoms with Crippen LogP contribution in [0.4, 0.5) is 13.2 Å². The van der Waals surface area contributed by atoms with E-state index in [2.05, 4.69) is 10.1 Å². The number of hydrogen-bond donors (Lipinski definition) is 1. The highest BCUT2D eigenvalue weighted by Crippen LogP contribution is 2.32. The number of nitrogens with zero attached hydrogens (tertiary/aromatic N) is 3. The standard InChI is InChI=1S/C16H25N3O3.C2HF3O2/c1-11-6-14(17-22-11)9-19-5-4-15-12(8-19)7-13(10-21-15)16(20)18(2)3;3-2(4,5)1(6)7/h6,12-13,15H,4-5,7-10H2,1-3H3;(H,6,7)/t12-,13-,15+;/m1./s1. The van der Waals surface area contributed by atoms with E-state index < -0.39 is 12.1 Å². The zero-order chi connectivity index (χ0) is 21.8. The maximum absolute atomic E-state index is 12.2. The second kappa shape index (κ2) is 9.57. The van der Waals surface area contributed by atoms with Crippen LogP contribution in [0.2, 0.25) is 0 Å². The van der Waals surface area contributed by atoms with Gasteiger partial charge in [0.15, 0.2) is 0 Å². The lowest BCUT2D eigenvalue weighted by atomic mass is 9.83. The van der Waals surface area contributed by atoms with Gasteiger partial charge in [0.1, 0.15) is 5.76 Å². The molecule has 3 heterocycles. The van der Waals surface area contributed by atoms with E-state index in [4.69, 9.17) is 19.2 Å². The van der Waals surface area contributed by atoms with Crippen molar-refractivity contribution >= 4 is 11.9 Å². The highest BCUT2D eigenvalue weighted by Gasteiger charge is 2.39. The molecule has 2 aliphatic heterocycles. The number of amides is 1. The first-order valence-electron chi connectivity index (χ1n) is 9.24. The van der Waals surface area contributed by atoms with Crippen LogP contribution >= 0.6 is 0 Å². The molecule has 1 N–H and O–H groups in total. The minimum Gasteiger partial charge on any atom is -0.475 e. The first-order chi connectivity index (χ1) is 13.5. The molecule has 1 aromatic rings. The third kappa shape index (κ3) is 6.70. The fourth-order valence-corrected chi connectivity index (χ4v) is 3.61. The van der Waals surface area contributed by atoms with Gasteiger partial charge in [0.05, 0.1) is 24.3 Å². The van der Waals surface area contributed by atoms with E-state index in [1.165, 1.54) is 0 Å². The molecule has 11 heteroatoms. The van der Waals surface area contributed by atoms with Gasteiger partial charge in [-0.25, -0.2) is 4.79 Å². The van der Waals surface area contributed by atoms with Crippen LogP contribution in [0, 0.1) is 18.8 Å². The van der Waals surface area contributed by atoms with Crippen LogP contribution in [0.25, 0.3) is 0 Å². The van der Waals surface area contributed by atoms with Crippen LogP contribution in [0.3, 0.4) is 0 Å². The molecule has 0 saturated carbocycles. The molecule has 3 atom stereocenters. The predicted octanol–water partition coefficient (Wildman–Crippen LogP) is 1.93. The van der Waals surface area contributed by atoms with Crippen LogP contribution in [-0.2, 0) is 20.9 Å². The minimum atomic E-state index is -5.08. The van der Waals surface area contributed by atoms with Crippen LogP contribution in [0.15, 0.2) is 10.6 Å². The Morgan fingerprint density at radius 2 is 2.03 bits per heavy atom. The maximum Gasteiger partial charge on any atom is 0.490 e. The zero-order valence-electron chi connectivity index (χ0n) is 16.6. The van der Waals surface area contributed by atoms with Gasteiger partial charge in [0.2, 0.25) is 5.91 Å². The van der Waals surface area contributed by atoms with E-state index in [0.717, 1.165) is 43.9 Å². The van der Waals surface area contributed by atoms with Gasteiger partial charge in [-0.3, -0.25) is 9.69 Å². The number of ether oxygens (including phenoxy) is 1. The number of piperidine rings is 1. The van der Waals surface area contributed by atoms with Gasteiger partial charge in [0.25, 0.3) is 0 Å². The molecule has 0 radical (unpaired) electrons. The molecule has 0 bridgehead atoms. The van der Waals surface area contributed by atoms with Crippen LogP contribution in [-0.4, -0.2) is 78.0 Å². The first-order valence-corrected chi connectivity index (χ1v) is 9.24. The van der Waals surface area contributed by atoms with Crippen LogP contribution in [0.5, 0.6) is 0 Å². The minimum absolute atomic E-state index is 0.00509. The number of carbonyl (C=O) groups is 2. The highest BCUT2D eigenvalue weighted by molar-refractivity contribution is 5.78. The number of halogens is 3. The Balaban J connectivity index is 0.000000370. The third-order valence-corrected chi connectivity index (χ3v) is 4.94. The summed E-state index contributed by atoms with van der Waals surface area (Å²) in [5.74, 6) is -1.28. The quantitative estimate of drug-likeness (QED) is 0.797. The first kappa shape index (κ1) is 23.1. The molecule has 2 aliphatic rings. The largest absolute Gasteiger partial charge is 0.490 e. The summed E-state index contributed by atoms with van der Waals surface area (Å²) >= 11 is 0. The van der Waals surface area contributed by atoms with Crippen molar-refractivity contribution in [2.75, 3.05) is 33.8 Å². The number of likely N-dealkylation sites (tertiary alicyclic amines) is 1. The summed E-state index contributed by atoms with van der Waals surface area (Å²) in [5.41, 5.74) is 0.980. The van der Waals surface area contributed by atoms with Crippen LogP contribution < -0.4 is 0 Å². The number of aliphatic carboxylic acids is 1. The molecule has 0 aromatic carbocycles. The SMILES string of the molecule is Cc1cc(CN2CC[C@@H]3OC[C@H](C(=O)N(C)C)C[C@@H]3C2)no1.O=C(O)C(F)(F)F. The Morgan fingerprint density at radius 1 is 1.38 bits per heavy atom. The number of alkyl halides is 3. The van der Waals surface area contributed by atoms with Gasteiger partial charge in [0, 0.05) is 39.8 Å². The van der Waals surface area contributed by atoms with Gasteiger partial charge < -0.3 is 19.3 Å². The molecule has 2 fully saturated rings. The lowest BCUT2D eigenvalue weighted by molar-refractivity contribution is -0.192. The number of hydrogen-bond acceptors (Lipinski definition) is 6. The Bertz CT molecular complexity index is 707. The van der Waals surface area contributed by atoms with E-state index in [9.17, 15) is 18.0 Å².